The van der Waals surface area contributed by atoms with E-state index in [1.807, 2.05) is 0 Å². The average Bonchev–Trinajstić information content (AvgIpc) is 2.82. The second kappa shape index (κ2) is 11.8. The summed E-state index contributed by atoms with van der Waals surface area (Å²) in [6.07, 6.45) is 1.07. The van der Waals surface area contributed by atoms with Gasteiger partial charge in [-0.2, -0.15) is 0 Å². The number of ether oxygens (including phenoxy) is 3. The predicted octanol–water partition coefficient (Wildman–Crippen LogP) is 2.32. The minimum atomic E-state index is 0.632. The molecular weight excluding hydrogens is 330 g/mol. The van der Waals surface area contributed by atoms with Crippen molar-refractivity contribution in [2.45, 2.75) is 6.42 Å². The second-order valence-corrected chi connectivity index (χ2v) is 6.47. The van der Waals surface area contributed by atoms with E-state index in [1.165, 1.54) is 8.66 Å². The summed E-state index contributed by atoms with van der Waals surface area (Å²) in [5, 5.41) is 3.36. The summed E-state index contributed by atoms with van der Waals surface area (Å²) in [6, 6.07) is 4.25. The lowest BCUT2D eigenvalue weighted by molar-refractivity contribution is 0.0256. The van der Waals surface area contributed by atoms with Gasteiger partial charge in [-0.1, -0.05) is 0 Å². The first-order valence-corrected chi connectivity index (χ1v) is 8.03. The number of rotatable bonds is 12. The molecule has 0 spiro atoms. The van der Waals surface area contributed by atoms with Gasteiger partial charge >= 0.3 is 0 Å². The third kappa shape index (κ3) is 9.54. The van der Waals surface area contributed by atoms with Crippen LogP contribution in [0.15, 0.2) is 15.9 Å². The molecule has 1 N–H and O–H groups in total. The van der Waals surface area contributed by atoms with Gasteiger partial charge in [0, 0.05) is 25.1 Å². The van der Waals surface area contributed by atoms with E-state index in [4.69, 9.17) is 14.2 Å². The van der Waals surface area contributed by atoms with Gasteiger partial charge in [0.1, 0.15) is 0 Å². The molecular formula is C13H22BrNO3S. The first-order valence-electron chi connectivity index (χ1n) is 6.42. The molecule has 1 rings (SSSR count). The van der Waals surface area contributed by atoms with Gasteiger partial charge in [-0.3, -0.25) is 0 Å². The molecule has 0 aliphatic rings. The highest BCUT2D eigenvalue weighted by atomic mass is 79.9. The monoisotopic (exact) mass is 351 g/mol. The molecule has 0 amide bonds. The number of hydrogen-bond acceptors (Lipinski definition) is 5. The van der Waals surface area contributed by atoms with Crippen molar-refractivity contribution < 1.29 is 14.2 Å². The first kappa shape index (κ1) is 17.1. The van der Waals surface area contributed by atoms with Gasteiger partial charge in [-0.05, 0) is 34.5 Å². The lowest BCUT2D eigenvalue weighted by Gasteiger charge is -2.06. The van der Waals surface area contributed by atoms with Crippen molar-refractivity contribution in [2.75, 3.05) is 53.2 Å². The van der Waals surface area contributed by atoms with Crippen molar-refractivity contribution >= 4 is 27.3 Å². The molecule has 0 atom stereocenters. The van der Waals surface area contributed by atoms with Crippen molar-refractivity contribution in [1.29, 1.82) is 0 Å². The fourth-order valence-electron chi connectivity index (χ4n) is 1.43. The number of hydrogen-bond donors (Lipinski definition) is 1. The average molecular weight is 352 g/mol. The molecule has 110 valence electrons. The molecule has 0 saturated heterocycles. The summed E-state index contributed by atoms with van der Waals surface area (Å²) >= 11 is 5.25. The molecule has 0 aromatic carbocycles. The lowest BCUT2D eigenvalue weighted by Crippen LogP contribution is -2.22. The van der Waals surface area contributed by atoms with Crippen LogP contribution in [0.1, 0.15) is 4.88 Å². The van der Waals surface area contributed by atoms with E-state index in [2.05, 4.69) is 33.4 Å². The largest absolute Gasteiger partial charge is 0.382 e. The molecule has 1 aromatic rings. The molecule has 0 bridgehead atoms. The molecule has 0 unspecified atom stereocenters. The molecule has 0 aliphatic carbocycles. The van der Waals surface area contributed by atoms with Crippen molar-refractivity contribution in [3.8, 4) is 0 Å². The van der Waals surface area contributed by atoms with Gasteiger partial charge in [0.2, 0.25) is 0 Å². The molecule has 1 aromatic heterocycles. The van der Waals surface area contributed by atoms with E-state index < -0.39 is 0 Å². The molecule has 4 nitrogen and oxygen atoms in total. The van der Waals surface area contributed by atoms with Crippen molar-refractivity contribution in [1.82, 2.24) is 5.32 Å². The second-order valence-electron chi connectivity index (χ2n) is 3.92. The van der Waals surface area contributed by atoms with Gasteiger partial charge in [0.05, 0.1) is 36.8 Å². The van der Waals surface area contributed by atoms with Crippen LogP contribution in [0.3, 0.4) is 0 Å². The highest BCUT2D eigenvalue weighted by molar-refractivity contribution is 9.11. The van der Waals surface area contributed by atoms with Gasteiger partial charge < -0.3 is 19.5 Å². The Kier molecular flexibility index (Phi) is 10.6. The predicted molar refractivity (Wildman–Crippen MR) is 82.1 cm³/mol. The van der Waals surface area contributed by atoms with Gasteiger partial charge in [0.25, 0.3) is 0 Å². The van der Waals surface area contributed by atoms with E-state index >= 15 is 0 Å². The number of thiophene rings is 1. The quantitative estimate of drug-likeness (QED) is 0.586. The Labute approximate surface area is 127 Å². The Morgan fingerprint density at radius 3 is 2.47 bits per heavy atom. The van der Waals surface area contributed by atoms with Crippen LogP contribution in [0.25, 0.3) is 0 Å². The molecule has 6 heteroatoms. The normalized spacial score (nSPS) is 11.1. The summed E-state index contributed by atoms with van der Waals surface area (Å²) in [5.74, 6) is 0. The summed E-state index contributed by atoms with van der Waals surface area (Å²) in [5.41, 5.74) is 0. The highest BCUT2D eigenvalue weighted by Crippen LogP contribution is 2.21. The Morgan fingerprint density at radius 1 is 1.05 bits per heavy atom. The Morgan fingerprint density at radius 2 is 1.79 bits per heavy atom. The Bertz CT molecular complexity index is 323. The third-order valence-corrected chi connectivity index (χ3v) is 4.09. The van der Waals surface area contributed by atoms with E-state index in [9.17, 15) is 0 Å². The lowest BCUT2D eigenvalue weighted by atomic mass is 10.3. The molecule has 0 saturated carbocycles. The molecule has 0 aliphatic heterocycles. The zero-order valence-electron chi connectivity index (χ0n) is 11.3. The maximum atomic E-state index is 5.44. The minimum absolute atomic E-state index is 0.632. The Balaban J connectivity index is 1.79. The summed E-state index contributed by atoms with van der Waals surface area (Å²) < 4.78 is 16.8. The van der Waals surface area contributed by atoms with Crippen LogP contribution < -0.4 is 5.32 Å². The highest BCUT2D eigenvalue weighted by Gasteiger charge is 1.97. The number of methoxy groups -OCH3 is 1. The van der Waals surface area contributed by atoms with E-state index in [1.54, 1.807) is 18.4 Å². The van der Waals surface area contributed by atoms with E-state index in [0.717, 1.165) is 26.1 Å². The smallest absolute Gasteiger partial charge is 0.0701 e. The zero-order valence-corrected chi connectivity index (χ0v) is 13.7. The maximum Gasteiger partial charge on any atom is 0.0701 e. The minimum Gasteiger partial charge on any atom is -0.382 e. The van der Waals surface area contributed by atoms with Crippen LogP contribution in [0.2, 0.25) is 0 Å². The number of halogens is 1. The fraction of sp³-hybridized carbons (Fsp3) is 0.692. The van der Waals surface area contributed by atoms with Crippen LogP contribution in [0.4, 0.5) is 0 Å². The molecule has 19 heavy (non-hydrogen) atoms. The summed E-state index contributed by atoms with van der Waals surface area (Å²) in [7, 11) is 1.67. The van der Waals surface area contributed by atoms with Crippen LogP contribution >= 0.6 is 27.3 Å². The fourth-order valence-corrected chi connectivity index (χ4v) is 2.91. The Hall–Kier alpha value is 0.0200. The molecule has 0 fully saturated rings. The topological polar surface area (TPSA) is 39.7 Å². The van der Waals surface area contributed by atoms with Crippen molar-refractivity contribution in [3.05, 3.63) is 20.8 Å². The number of nitrogens with one attached hydrogen (secondary N) is 1. The summed E-state index contributed by atoms with van der Waals surface area (Å²) in [4.78, 5) is 1.40. The van der Waals surface area contributed by atoms with Gasteiger partial charge in [0.15, 0.2) is 0 Å². The molecule has 0 radical (unpaired) electrons. The standard InChI is InChI=1S/C13H22BrNO3S/c1-16-8-9-18-11-10-17-7-6-15-5-4-12-2-3-13(14)19-12/h2-3,15H,4-11H2,1H3. The van der Waals surface area contributed by atoms with E-state index in [-0.39, 0.29) is 0 Å². The van der Waals surface area contributed by atoms with Gasteiger partial charge in [-0.25, -0.2) is 0 Å². The van der Waals surface area contributed by atoms with Crippen LogP contribution in [0, 0.1) is 0 Å². The van der Waals surface area contributed by atoms with Crippen molar-refractivity contribution in [3.63, 3.8) is 0 Å². The SMILES string of the molecule is COCCOCCOCCNCCc1ccc(Br)s1. The van der Waals surface area contributed by atoms with Crippen molar-refractivity contribution in [2.24, 2.45) is 0 Å². The van der Waals surface area contributed by atoms with E-state index in [0.29, 0.717) is 26.4 Å². The van der Waals surface area contributed by atoms with Gasteiger partial charge in [-0.15, -0.1) is 11.3 Å². The molecule has 1 heterocycles. The maximum absolute atomic E-state index is 5.44. The van der Waals surface area contributed by atoms with Crippen LogP contribution in [-0.4, -0.2) is 53.2 Å². The zero-order chi connectivity index (χ0) is 13.8. The third-order valence-electron chi connectivity index (χ3n) is 2.40. The van der Waals surface area contributed by atoms with Crippen LogP contribution in [-0.2, 0) is 20.6 Å². The first-order chi connectivity index (χ1) is 9.33. The summed E-state index contributed by atoms with van der Waals surface area (Å²) in [6.45, 7) is 5.14. The van der Waals surface area contributed by atoms with Crippen LogP contribution in [0.5, 0.6) is 0 Å².